The van der Waals surface area contributed by atoms with E-state index < -0.39 is 0 Å². The van der Waals surface area contributed by atoms with Crippen LogP contribution in [0.3, 0.4) is 0 Å². The average molecular weight is 462 g/mol. The molecule has 0 atom stereocenters. The molecule has 5 nitrogen and oxygen atoms in total. The minimum Gasteiger partial charge on any atom is -0.381 e. The lowest BCUT2D eigenvalue weighted by Crippen LogP contribution is -2.39. The van der Waals surface area contributed by atoms with Crippen LogP contribution in [0.5, 0.6) is 0 Å². The normalized spacial score (nSPS) is 15.1. The molecule has 0 saturated carbocycles. The van der Waals surface area contributed by atoms with Gasteiger partial charge in [-0.1, -0.05) is 20.8 Å². The monoisotopic (exact) mass is 461 g/mol. The van der Waals surface area contributed by atoms with E-state index in [1.54, 1.807) is 0 Å². The molecule has 0 bridgehead atoms. The minimum absolute atomic E-state index is 0.0190. The Bertz CT molecular complexity index is 1220. The van der Waals surface area contributed by atoms with E-state index in [2.05, 4.69) is 61.8 Å². The second-order valence-electron chi connectivity index (χ2n) is 10.7. The zero-order valence-electron chi connectivity index (χ0n) is 21.6. The highest BCUT2D eigenvalue weighted by Gasteiger charge is 2.25. The van der Waals surface area contributed by atoms with Gasteiger partial charge in [-0.2, -0.15) is 0 Å². The quantitative estimate of drug-likeness (QED) is 0.517. The van der Waals surface area contributed by atoms with E-state index >= 15 is 0 Å². The maximum atomic E-state index is 12.6. The lowest BCUT2D eigenvalue weighted by atomic mass is 9.84. The van der Waals surface area contributed by atoms with Crippen LogP contribution < -0.4 is 10.5 Å². The molecule has 0 unspecified atom stereocenters. The van der Waals surface area contributed by atoms with Crippen LogP contribution in [0.25, 0.3) is 10.8 Å². The van der Waals surface area contributed by atoms with Crippen molar-refractivity contribution < 1.29 is 4.74 Å². The number of nitrogens with zero attached hydrogens (tertiary/aromatic N) is 2. The van der Waals surface area contributed by atoms with Gasteiger partial charge >= 0.3 is 0 Å². The van der Waals surface area contributed by atoms with Gasteiger partial charge in [-0.3, -0.25) is 9.78 Å². The molecule has 1 fully saturated rings. The van der Waals surface area contributed by atoms with Gasteiger partial charge in [0, 0.05) is 65.4 Å². The van der Waals surface area contributed by atoms with Gasteiger partial charge in [0.1, 0.15) is 0 Å². The van der Waals surface area contributed by atoms with Crippen LogP contribution in [0.1, 0.15) is 68.6 Å². The summed E-state index contributed by atoms with van der Waals surface area (Å²) in [5.41, 5.74) is 6.53. The maximum Gasteiger partial charge on any atom is 0.251 e. The Labute approximate surface area is 203 Å². The summed E-state index contributed by atoms with van der Waals surface area (Å²) >= 11 is 0. The number of ether oxygens (including phenoxy) is 1. The first-order chi connectivity index (χ1) is 16.2. The molecular weight excluding hydrogens is 422 g/mol. The fraction of sp³-hybridized carbons (Fsp3) is 0.517. The van der Waals surface area contributed by atoms with Crippen LogP contribution >= 0.6 is 0 Å². The molecule has 0 amide bonds. The summed E-state index contributed by atoms with van der Waals surface area (Å²) < 4.78 is 5.65. The minimum atomic E-state index is 0.0190. The molecule has 3 heterocycles. The highest BCUT2D eigenvalue weighted by molar-refractivity contribution is 5.96. The van der Waals surface area contributed by atoms with Crippen molar-refractivity contribution >= 4 is 16.5 Å². The zero-order chi connectivity index (χ0) is 24.5. The van der Waals surface area contributed by atoms with Crippen molar-refractivity contribution in [3.63, 3.8) is 0 Å². The largest absolute Gasteiger partial charge is 0.381 e. The molecule has 1 aromatic carbocycles. The van der Waals surface area contributed by atoms with Crippen molar-refractivity contribution in [3.8, 4) is 0 Å². The van der Waals surface area contributed by atoms with Crippen LogP contribution in [-0.2, 0) is 23.0 Å². The third-order valence-electron chi connectivity index (χ3n) is 7.19. The van der Waals surface area contributed by atoms with Crippen molar-refractivity contribution in [3.05, 3.63) is 68.9 Å². The molecule has 0 radical (unpaired) electrons. The second kappa shape index (κ2) is 9.91. The van der Waals surface area contributed by atoms with Crippen molar-refractivity contribution in [2.75, 3.05) is 24.7 Å². The predicted octanol–water partition coefficient (Wildman–Crippen LogP) is 5.63. The third kappa shape index (κ3) is 5.05. The van der Waals surface area contributed by atoms with Crippen LogP contribution in [0.2, 0.25) is 0 Å². The number of anilines is 1. The topological polar surface area (TPSA) is 58.2 Å². The smallest absolute Gasteiger partial charge is 0.251 e. The van der Waals surface area contributed by atoms with Gasteiger partial charge < -0.3 is 14.6 Å². The van der Waals surface area contributed by atoms with E-state index in [1.165, 1.54) is 22.0 Å². The molecule has 4 rings (SSSR count). The Morgan fingerprint density at radius 1 is 1.09 bits per heavy atom. The molecule has 1 N–H and O–H groups in total. The highest BCUT2D eigenvalue weighted by Crippen LogP contribution is 2.37. The van der Waals surface area contributed by atoms with Crippen LogP contribution in [0, 0.1) is 13.8 Å². The van der Waals surface area contributed by atoms with Crippen molar-refractivity contribution in [2.45, 2.75) is 78.7 Å². The number of hydrogen-bond donors (Lipinski definition) is 1. The second-order valence-corrected chi connectivity index (χ2v) is 10.7. The molecule has 0 spiro atoms. The number of benzene rings is 1. The van der Waals surface area contributed by atoms with E-state index in [9.17, 15) is 4.79 Å². The standard InChI is InChI=1S/C29H39N3O2/c1-7-32(22-11-14-34-15-12-22)27-18-21(29(4,5)6)17-25-24(27)10-13-30-26(25)9-8-23-19(2)16-20(3)31-28(23)33/h10,13,16-18,22H,7-9,11-12,14-15H2,1-6H3,(H,31,33). The molecular formula is C29H39N3O2. The summed E-state index contributed by atoms with van der Waals surface area (Å²) in [5.74, 6) is 0. The number of H-pyrrole nitrogens is 1. The molecule has 182 valence electrons. The summed E-state index contributed by atoms with van der Waals surface area (Å²) in [6, 6.07) is 9.41. The molecule has 3 aromatic rings. The lowest BCUT2D eigenvalue weighted by Gasteiger charge is -2.37. The van der Waals surface area contributed by atoms with Gasteiger partial charge in [-0.25, -0.2) is 0 Å². The van der Waals surface area contributed by atoms with E-state index in [0.29, 0.717) is 12.5 Å². The van der Waals surface area contributed by atoms with Gasteiger partial charge in [0.25, 0.3) is 5.56 Å². The average Bonchev–Trinajstić information content (AvgIpc) is 2.79. The Hall–Kier alpha value is -2.66. The number of aromatic nitrogens is 2. The molecule has 1 aliphatic heterocycles. The predicted molar refractivity (Wildman–Crippen MR) is 141 cm³/mol. The van der Waals surface area contributed by atoms with Crippen molar-refractivity contribution in [1.82, 2.24) is 9.97 Å². The fourth-order valence-corrected chi connectivity index (χ4v) is 5.25. The highest BCUT2D eigenvalue weighted by atomic mass is 16.5. The summed E-state index contributed by atoms with van der Waals surface area (Å²) in [5, 5.41) is 2.46. The van der Waals surface area contributed by atoms with Gasteiger partial charge in [0.2, 0.25) is 0 Å². The Balaban J connectivity index is 1.80. The van der Waals surface area contributed by atoms with Gasteiger partial charge in [0.15, 0.2) is 0 Å². The SMILES string of the molecule is CCN(c1cc(C(C)(C)C)cc2c(CCc3c(C)cc(C)[nH]c3=O)nccc12)C1CCOCC1. The number of rotatable bonds is 6. The van der Waals surface area contributed by atoms with Crippen LogP contribution in [-0.4, -0.2) is 35.8 Å². The first-order valence-corrected chi connectivity index (χ1v) is 12.6. The van der Waals surface area contributed by atoms with Gasteiger partial charge in [0.05, 0.1) is 0 Å². The summed E-state index contributed by atoms with van der Waals surface area (Å²) in [6.45, 7) is 15.6. The Kier molecular flexibility index (Phi) is 7.13. The number of fused-ring (bicyclic) bond motifs is 1. The molecule has 1 saturated heterocycles. The van der Waals surface area contributed by atoms with E-state index in [-0.39, 0.29) is 11.0 Å². The summed E-state index contributed by atoms with van der Waals surface area (Å²) in [7, 11) is 0. The van der Waals surface area contributed by atoms with Crippen LogP contribution in [0.15, 0.2) is 35.3 Å². The van der Waals surface area contributed by atoms with Gasteiger partial charge in [-0.05, 0) is 87.3 Å². The van der Waals surface area contributed by atoms with Crippen molar-refractivity contribution in [2.24, 2.45) is 0 Å². The van der Waals surface area contributed by atoms with E-state index in [0.717, 1.165) is 61.5 Å². The molecule has 1 aliphatic rings. The Morgan fingerprint density at radius 2 is 1.82 bits per heavy atom. The first kappa shape index (κ1) is 24.5. The molecule has 34 heavy (non-hydrogen) atoms. The van der Waals surface area contributed by atoms with Crippen LogP contribution in [0.4, 0.5) is 5.69 Å². The zero-order valence-corrected chi connectivity index (χ0v) is 21.6. The number of aryl methyl sites for hydroxylation is 3. The molecule has 5 heteroatoms. The molecule has 2 aromatic heterocycles. The fourth-order valence-electron chi connectivity index (χ4n) is 5.25. The first-order valence-electron chi connectivity index (χ1n) is 12.6. The lowest BCUT2D eigenvalue weighted by molar-refractivity contribution is 0.0847. The summed E-state index contributed by atoms with van der Waals surface area (Å²) in [4.78, 5) is 22.9. The number of aromatic amines is 1. The van der Waals surface area contributed by atoms with Crippen molar-refractivity contribution in [1.29, 1.82) is 0 Å². The summed E-state index contributed by atoms with van der Waals surface area (Å²) in [6.07, 6.45) is 5.47. The Morgan fingerprint density at radius 3 is 2.47 bits per heavy atom. The van der Waals surface area contributed by atoms with E-state index in [4.69, 9.17) is 9.72 Å². The molecule has 0 aliphatic carbocycles. The van der Waals surface area contributed by atoms with E-state index in [1.807, 2.05) is 20.0 Å². The maximum absolute atomic E-state index is 12.6. The number of hydrogen-bond acceptors (Lipinski definition) is 4. The number of nitrogens with one attached hydrogen (secondary N) is 1. The van der Waals surface area contributed by atoms with Gasteiger partial charge in [-0.15, -0.1) is 0 Å². The number of pyridine rings is 2. The third-order valence-corrected chi connectivity index (χ3v) is 7.19.